The van der Waals surface area contributed by atoms with Gasteiger partial charge in [0.05, 0.1) is 12.1 Å². The Morgan fingerprint density at radius 1 is 1.48 bits per heavy atom. The standard InChI is InChI=1S/C14H15N5O2/c1-9(2)5-13-18-12(19-21-13)8-17-14(20)10-3-4-11(6-15)16-7-10/h3-4,7,9H,5,8H2,1-2H3,(H,17,20). The van der Waals surface area contributed by atoms with Gasteiger partial charge in [0.1, 0.15) is 11.8 Å². The lowest BCUT2D eigenvalue weighted by atomic mass is 10.1. The van der Waals surface area contributed by atoms with Gasteiger partial charge in [0.15, 0.2) is 5.82 Å². The van der Waals surface area contributed by atoms with Gasteiger partial charge in [-0.15, -0.1) is 0 Å². The molecule has 0 radical (unpaired) electrons. The summed E-state index contributed by atoms with van der Waals surface area (Å²) in [5.74, 6) is 1.12. The number of hydrogen-bond donors (Lipinski definition) is 1. The first-order valence-electron chi connectivity index (χ1n) is 6.54. The zero-order chi connectivity index (χ0) is 15.2. The number of nitrogens with zero attached hydrogens (tertiary/aromatic N) is 4. The largest absolute Gasteiger partial charge is 0.345 e. The molecule has 2 aromatic rings. The van der Waals surface area contributed by atoms with Crippen molar-refractivity contribution >= 4 is 5.91 Å². The molecule has 2 heterocycles. The van der Waals surface area contributed by atoms with Crippen molar-refractivity contribution < 1.29 is 9.32 Å². The lowest BCUT2D eigenvalue weighted by Crippen LogP contribution is -2.23. The molecule has 108 valence electrons. The van der Waals surface area contributed by atoms with Crippen molar-refractivity contribution in [1.29, 1.82) is 5.26 Å². The highest BCUT2D eigenvalue weighted by molar-refractivity contribution is 5.93. The molecule has 0 aliphatic rings. The van der Waals surface area contributed by atoms with Gasteiger partial charge < -0.3 is 9.84 Å². The van der Waals surface area contributed by atoms with Crippen molar-refractivity contribution in [3.63, 3.8) is 0 Å². The lowest BCUT2D eigenvalue weighted by molar-refractivity contribution is 0.0949. The average Bonchev–Trinajstić information content (AvgIpc) is 2.91. The van der Waals surface area contributed by atoms with Crippen LogP contribution in [0.15, 0.2) is 22.9 Å². The number of rotatable bonds is 5. The summed E-state index contributed by atoms with van der Waals surface area (Å²) >= 11 is 0. The Morgan fingerprint density at radius 3 is 2.90 bits per heavy atom. The second kappa shape index (κ2) is 6.61. The molecule has 0 atom stereocenters. The molecular formula is C14H15N5O2. The van der Waals surface area contributed by atoms with Gasteiger partial charge in [0.25, 0.3) is 5.91 Å². The summed E-state index contributed by atoms with van der Waals surface area (Å²) in [6.07, 6.45) is 2.06. The van der Waals surface area contributed by atoms with Gasteiger partial charge in [-0.1, -0.05) is 19.0 Å². The molecule has 0 saturated carbocycles. The molecule has 0 saturated heterocycles. The molecule has 2 aromatic heterocycles. The molecule has 21 heavy (non-hydrogen) atoms. The summed E-state index contributed by atoms with van der Waals surface area (Å²) in [6, 6.07) is 4.93. The predicted molar refractivity (Wildman–Crippen MR) is 73.0 cm³/mol. The molecule has 0 spiro atoms. The van der Waals surface area contributed by atoms with Crippen LogP contribution >= 0.6 is 0 Å². The third kappa shape index (κ3) is 4.11. The van der Waals surface area contributed by atoms with Crippen LogP contribution in [0.3, 0.4) is 0 Å². The second-order valence-electron chi connectivity index (χ2n) is 4.93. The van der Waals surface area contributed by atoms with Crippen molar-refractivity contribution in [2.45, 2.75) is 26.8 Å². The van der Waals surface area contributed by atoms with E-state index in [1.165, 1.54) is 12.3 Å². The fourth-order valence-corrected chi connectivity index (χ4v) is 1.65. The summed E-state index contributed by atoms with van der Waals surface area (Å²) in [5.41, 5.74) is 0.642. The van der Waals surface area contributed by atoms with E-state index in [1.54, 1.807) is 6.07 Å². The number of hydrogen-bond acceptors (Lipinski definition) is 6. The van der Waals surface area contributed by atoms with Gasteiger partial charge >= 0.3 is 0 Å². The smallest absolute Gasteiger partial charge is 0.253 e. The topological polar surface area (TPSA) is 105 Å². The molecule has 0 aliphatic heterocycles. The van der Waals surface area contributed by atoms with Crippen molar-refractivity contribution in [2.75, 3.05) is 0 Å². The normalized spacial score (nSPS) is 10.4. The second-order valence-corrected chi connectivity index (χ2v) is 4.93. The van der Waals surface area contributed by atoms with Gasteiger partial charge in [-0.25, -0.2) is 4.98 Å². The van der Waals surface area contributed by atoms with Gasteiger partial charge in [-0.05, 0) is 18.1 Å². The minimum Gasteiger partial charge on any atom is -0.345 e. The van der Waals surface area contributed by atoms with E-state index >= 15 is 0 Å². The maximum absolute atomic E-state index is 11.9. The fraction of sp³-hybridized carbons (Fsp3) is 0.357. The van der Waals surface area contributed by atoms with E-state index in [0.29, 0.717) is 29.6 Å². The maximum atomic E-state index is 11.9. The van der Waals surface area contributed by atoms with Crippen LogP contribution in [-0.2, 0) is 13.0 Å². The first-order chi connectivity index (χ1) is 10.1. The highest BCUT2D eigenvalue weighted by Gasteiger charge is 2.10. The zero-order valence-electron chi connectivity index (χ0n) is 11.8. The van der Waals surface area contributed by atoms with Gasteiger partial charge in [-0.3, -0.25) is 4.79 Å². The summed E-state index contributed by atoms with van der Waals surface area (Å²) in [7, 11) is 0. The third-order valence-corrected chi connectivity index (χ3v) is 2.64. The predicted octanol–water partition coefficient (Wildman–Crippen LogP) is 1.46. The molecule has 0 unspecified atom stereocenters. The molecule has 7 nitrogen and oxygen atoms in total. The summed E-state index contributed by atoms with van der Waals surface area (Å²) < 4.78 is 5.08. The Morgan fingerprint density at radius 2 is 2.29 bits per heavy atom. The van der Waals surface area contributed by atoms with Gasteiger partial charge in [-0.2, -0.15) is 10.2 Å². The van der Waals surface area contributed by atoms with Crippen LogP contribution in [0, 0.1) is 17.2 Å². The number of carbonyl (C=O) groups is 1. The van der Waals surface area contributed by atoms with Crippen LogP contribution < -0.4 is 5.32 Å². The minimum absolute atomic E-state index is 0.181. The van der Waals surface area contributed by atoms with Crippen LogP contribution in [0.25, 0.3) is 0 Å². The van der Waals surface area contributed by atoms with E-state index in [1.807, 2.05) is 6.07 Å². The molecule has 0 bridgehead atoms. The van der Waals surface area contributed by atoms with E-state index in [0.717, 1.165) is 0 Å². The van der Waals surface area contributed by atoms with Gasteiger partial charge in [0.2, 0.25) is 5.89 Å². The van der Waals surface area contributed by atoms with Crippen LogP contribution in [0.5, 0.6) is 0 Å². The number of nitrogens with one attached hydrogen (secondary N) is 1. The van der Waals surface area contributed by atoms with Crippen molar-refractivity contribution in [3.05, 3.63) is 41.3 Å². The minimum atomic E-state index is -0.304. The van der Waals surface area contributed by atoms with Crippen molar-refractivity contribution in [2.24, 2.45) is 5.92 Å². The third-order valence-electron chi connectivity index (χ3n) is 2.64. The summed E-state index contributed by atoms with van der Waals surface area (Å²) in [4.78, 5) is 19.9. The van der Waals surface area contributed by atoms with Gasteiger partial charge in [0, 0.05) is 12.6 Å². The van der Waals surface area contributed by atoms with Crippen molar-refractivity contribution in [1.82, 2.24) is 20.4 Å². The molecule has 7 heteroatoms. The van der Waals surface area contributed by atoms with E-state index < -0.39 is 0 Å². The fourth-order valence-electron chi connectivity index (χ4n) is 1.65. The zero-order valence-corrected chi connectivity index (χ0v) is 11.8. The molecule has 1 N–H and O–H groups in total. The van der Waals surface area contributed by atoms with Crippen LogP contribution in [0.1, 0.15) is 41.6 Å². The Balaban J connectivity index is 1.91. The average molecular weight is 285 g/mol. The SMILES string of the molecule is CC(C)Cc1nc(CNC(=O)c2ccc(C#N)nc2)no1. The Bertz CT molecular complexity index is 655. The van der Waals surface area contributed by atoms with Crippen molar-refractivity contribution in [3.8, 4) is 6.07 Å². The first-order valence-corrected chi connectivity index (χ1v) is 6.54. The Kier molecular flexibility index (Phi) is 4.61. The quantitative estimate of drug-likeness (QED) is 0.891. The summed E-state index contributed by atoms with van der Waals surface area (Å²) in [5, 5.41) is 15.1. The number of aromatic nitrogens is 3. The van der Waals surface area contributed by atoms with Crippen LogP contribution in [0.4, 0.5) is 0 Å². The molecule has 0 aromatic carbocycles. The van der Waals surface area contributed by atoms with Crippen LogP contribution in [-0.4, -0.2) is 21.0 Å². The number of nitriles is 1. The first kappa shape index (κ1) is 14.7. The highest BCUT2D eigenvalue weighted by Crippen LogP contribution is 2.06. The molecular weight excluding hydrogens is 270 g/mol. The monoisotopic (exact) mass is 285 g/mol. The molecule has 1 amide bonds. The summed E-state index contributed by atoms with van der Waals surface area (Å²) in [6.45, 7) is 4.30. The maximum Gasteiger partial charge on any atom is 0.253 e. The molecule has 0 fully saturated rings. The van der Waals surface area contributed by atoms with E-state index in [4.69, 9.17) is 9.78 Å². The molecule has 0 aliphatic carbocycles. The Labute approximate surface area is 122 Å². The number of pyridine rings is 1. The highest BCUT2D eigenvalue weighted by atomic mass is 16.5. The van der Waals surface area contributed by atoms with E-state index in [9.17, 15) is 4.79 Å². The van der Waals surface area contributed by atoms with Crippen LogP contribution in [0.2, 0.25) is 0 Å². The Hall–Kier alpha value is -2.75. The lowest BCUT2D eigenvalue weighted by Gasteiger charge is -2.01. The molecule has 2 rings (SSSR count). The van der Waals surface area contributed by atoms with E-state index in [-0.39, 0.29) is 18.1 Å². The number of carbonyl (C=O) groups excluding carboxylic acids is 1. The van der Waals surface area contributed by atoms with E-state index in [2.05, 4.69) is 34.3 Å². The number of amides is 1.